The minimum atomic E-state index is -1.68. The highest BCUT2D eigenvalue weighted by Crippen LogP contribution is 2.27. The van der Waals surface area contributed by atoms with Crippen molar-refractivity contribution in [2.24, 2.45) is 0 Å². The lowest BCUT2D eigenvalue weighted by Gasteiger charge is -2.37. The summed E-state index contributed by atoms with van der Waals surface area (Å²) in [6.45, 7) is 3.83. The summed E-state index contributed by atoms with van der Waals surface area (Å²) in [7, 11) is 0.302. The van der Waals surface area contributed by atoms with Crippen LogP contribution < -0.4 is 10.8 Å². The molecule has 1 aliphatic rings. The van der Waals surface area contributed by atoms with Crippen LogP contribution in [0.4, 0.5) is 5.69 Å². The predicted octanol–water partition coefficient (Wildman–Crippen LogP) is 1.94. The third-order valence-electron chi connectivity index (χ3n) is 6.88. The monoisotopic (exact) mass is 554 g/mol. The zero-order valence-electron chi connectivity index (χ0n) is 22.8. The molecule has 210 valence electrons. The van der Waals surface area contributed by atoms with Crippen molar-refractivity contribution in [2.45, 2.75) is 13.0 Å². The Morgan fingerprint density at radius 1 is 1.00 bits per heavy atom. The van der Waals surface area contributed by atoms with Gasteiger partial charge in [-0.15, -0.1) is 0 Å². The molecule has 4 aromatic rings. The molecule has 1 fully saturated rings. The Morgan fingerprint density at radius 2 is 1.73 bits per heavy atom. The number of nitrogens with one attached hydrogen (secondary N) is 2. The van der Waals surface area contributed by atoms with E-state index in [1.54, 1.807) is 47.4 Å². The Morgan fingerprint density at radius 3 is 2.39 bits per heavy atom. The fraction of sp³-hybridized carbons (Fsp3) is 0.200. The van der Waals surface area contributed by atoms with Gasteiger partial charge in [-0.3, -0.25) is 19.2 Å². The van der Waals surface area contributed by atoms with E-state index in [4.69, 9.17) is 0 Å². The number of hydrogen-bond donors (Lipinski definition) is 4. The molecule has 4 N–H and O–H groups in total. The number of hydrogen-bond acceptors (Lipinski definition) is 7. The Bertz CT molecular complexity index is 1560. The third kappa shape index (κ3) is 6.96. The number of benzene rings is 3. The molecule has 1 atom stereocenters. The number of carbonyl (C=O) groups is 4. The Kier molecular flexibility index (Phi) is 9.46. The molecular weight excluding hydrogens is 523 g/mol. The SMILES string of the molecule is C[C@@H]1CN(C)CCN1C(=O)C(=O)c1c[nH]c2c(NC(=O)c3cccc(B(O)O)c3)cccc12.O=Cc1ccccc1. The second-order valence-corrected chi connectivity index (χ2v) is 9.85. The van der Waals surface area contributed by atoms with E-state index in [0.29, 0.717) is 36.2 Å². The first-order chi connectivity index (χ1) is 19.7. The summed E-state index contributed by atoms with van der Waals surface area (Å²) in [5.41, 5.74) is 2.39. The number of carbonyl (C=O) groups excluding carboxylic acids is 4. The molecule has 11 heteroatoms. The van der Waals surface area contributed by atoms with Gasteiger partial charge in [0.2, 0.25) is 0 Å². The van der Waals surface area contributed by atoms with Gasteiger partial charge >= 0.3 is 7.12 Å². The van der Waals surface area contributed by atoms with Crippen molar-refractivity contribution < 1.29 is 29.2 Å². The Balaban J connectivity index is 0.000000417. The minimum Gasteiger partial charge on any atom is -0.423 e. The summed E-state index contributed by atoms with van der Waals surface area (Å²) in [6, 6.07) is 20.1. The quantitative estimate of drug-likeness (QED) is 0.124. The lowest BCUT2D eigenvalue weighted by atomic mass is 9.79. The molecule has 1 saturated heterocycles. The molecule has 2 heterocycles. The van der Waals surface area contributed by atoms with E-state index in [-0.39, 0.29) is 22.6 Å². The number of fused-ring (bicyclic) bond motifs is 1. The van der Waals surface area contributed by atoms with Crippen LogP contribution in [0.3, 0.4) is 0 Å². The average molecular weight is 554 g/mol. The standard InChI is InChI=1S/C23H25BN4O5.C7H6O/c1-14-13-27(2)9-10-28(14)23(31)21(29)18-12-25-20-17(18)7-4-8-19(20)26-22(30)15-5-3-6-16(11-15)24(32)33;8-6-7-4-2-1-3-5-7/h3-8,11-12,14,25,32-33H,9-10,13H2,1-2H3,(H,26,30);1-6H/t14-;/m1./s1. The molecule has 5 rings (SSSR count). The number of likely N-dealkylation sites (N-methyl/N-ethyl adjacent to an activating group) is 1. The van der Waals surface area contributed by atoms with Gasteiger partial charge in [-0.2, -0.15) is 0 Å². The van der Waals surface area contributed by atoms with Crippen molar-refractivity contribution in [3.63, 3.8) is 0 Å². The molecule has 41 heavy (non-hydrogen) atoms. The molecular formula is C30H31BN4O6. The number of aromatic amines is 1. The lowest BCUT2D eigenvalue weighted by molar-refractivity contribution is -0.130. The molecule has 0 saturated carbocycles. The van der Waals surface area contributed by atoms with Crippen LogP contribution in [0.25, 0.3) is 10.9 Å². The number of nitrogens with zero attached hydrogens (tertiary/aromatic N) is 2. The topological polar surface area (TPSA) is 143 Å². The number of H-pyrrole nitrogens is 1. The Labute approximate surface area is 237 Å². The molecule has 0 spiro atoms. The number of rotatable bonds is 6. The van der Waals surface area contributed by atoms with E-state index < -0.39 is 24.7 Å². The van der Waals surface area contributed by atoms with E-state index in [9.17, 15) is 29.2 Å². The van der Waals surface area contributed by atoms with Crippen LogP contribution in [0.5, 0.6) is 0 Å². The van der Waals surface area contributed by atoms with Gasteiger partial charge in [-0.25, -0.2) is 0 Å². The van der Waals surface area contributed by atoms with Crippen LogP contribution in [0.1, 0.15) is 38.0 Å². The van der Waals surface area contributed by atoms with Gasteiger partial charge in [0.25, 0.3) is 17.6 Å². The van der Waals surface area contributed by atoms with Crippen molar-refractivity contribution in [3.05, 3.63) is 95.7 Å². The minimum absolute atomic E-state index is 0.0616. The van der Waals surface area contributed by atoms with Crippen molar-refractivity contribution in [3.8, 4) is 0 Å². The second kappa shape index (κ2) is 13.2. The summed E-state index contributed by atoms with van der Waals surface area (Å²) in [4.78, 5) is 55.4. The van der Waals surface area contributed by atoms with Crippen LogP contribution in [0.15, 0.2) is 79.0 Å². The van der Waals surface area contributed by atoms with E-state index in [1.165, 1.54) is 18.3 Å². The first kappa shape index (κ1) is 29.4. The van der Waals surface area contributed by atoms with Gasteiger partial charge in [-0.05, 0) is 37.6 Å². The molecule has 0 bridgehead atoms. The molecule has 0 unspecified atom stereocenters. The van der Waals surface area contributed by atoms with Crippen molar-refractivity contribution in [2.75, 3.05) is 32.0 Å². The highest BCUT2D eigenvalue weighted by molar-refractivity contribution is 6.58. The maximum absolute atomic E-state index is 13.0. The fourth-order valence-electron chi connectivity index (χ4n) is 4.70. The zero-order valence-corrected chi connectivity index (χ0v) is 22.8. The molecule has 3 aromatic carbocycles. The highest BCUT2D eigenvalue weighted by Gasteiger charge is 2.31. The van der Waals surface area contributed by atoms with Gasteiger partial charge in [0.1, 0.15) is 6.29 Å². The van der Waals surface area contributed by atoms with Crippen LogP contribution in [0, 0.1) is 0 Å². The Hall–Kier alpha value is -4.58. The number of Topliss-reactive ketones (excluding diaryl/α,β-unsaturated/α-hetero) is 1. The normalized spacial score (nSPS) is 15.0. The molecule has 1 aliphatic heterocycles. The molecule has 0 aliphatic carbocycles. The summed E-state index contributed by atoms with van der Waals surface area (Å²) in [5, 5.41) is 22.0. The van der Waals surface area contributed by atoms with Gasteiger partial charge in [0.05, 0.1) is 16.8 Å². The predicted molar refractivity (Wildman–Crippen MR) is 157 cm³/mol. The van der Waals surface area contributed by atoms with Crippen molar-refractivity contribution in [1.29, 1.82) is 0 Å². The summed E-state index contributed by atoms with van der Waals surface area (Å²) in [5.74, 6) is -1.58. The number of aromatic nitrogens is 1. The van der Waals surface area contributed by atoms with E-state index >= 15 is 0 Å². The van der Waals surface area contributed by atoms with Crippen LogP contribution in [0.2, 0.25) is 0 Å². The first-order valence-electron chi connectivity index (χ1n) is 13.1. The van der Waals surface area contributed by atoms with Crippen LogP contribution >= 0.6 is 0 Å². The van der Waals surface area contributed by atoms with E-state index in [1.807, 2.05) is 32.2 Å². The van der Waals surface area contributed by atoms with Crippen LogP contribution in [-0.4, -0.2) is 88.6 Å². The number of para-hydroxylation sites is 1. The van der Waals surface area contributed by atoms with Crippen LogP contribution in [-0.2, 0) is 4.79 Å². The molecule has 10 nitrogen and oxygen atoms in total. The molecule has 2 amide bonds. The van der Waals surface area contributed by atoms with Gasteiger partial charge in [0, 0.05) is 48.4 Å². The number of amides is 2. The largest absolute Gasteiger partial charge is 0.488 e. The number of ketones is 1. The summed E-state index contributed by atoms with van der Waals surface area (Å²) >= 11 is 0. The lowest BCUT2D eigenvalue weighted by Crippen LogP contribution is -2.54. The molecule has 0 radical (unpaired) electrons. The van der Waals surface area contributed by atoms with Crippen molar-refractivity contribution >= 4 is 53.1 Å². The average Bonchev–Trinajstić information content (AvgIpc) is 3.42. The summed E-state index contributed by atoms with van der Waals surface area (Å²) in [6.07, 6.45) is 2.32. The third-order valence-corrected chi connectivity index (χ3v) is 6.88. The second-order valence-electron chi connectivity index (χ2n) is 9.85. The fourth-order valence-corrected chi connectivity index (χ4v) is 4.70. The maximum Gasteiger partial charge on any atom is 0.488 e. The smallest absolute Gasteiger partial charge is 0.423 e. The van der Waals surface area contributed by atoms with Gasteiger partial charge in [0.15, 0.2) is 0 Å². The molecule has 1 aromatic heterocycles. The van der Waals surface area contributed by atoms with Crippen molar-refractivity contribution in [1.82, 2.24) is 14.8 Å². The highest BCUT2D eigenvalue weighted by atomic mass is 16.4. The van der Waals surface area contributed by atoms with Gasteiger partial charge in [-0.1, -0.05) is 54.6 Å². The van der Waals surface area contributed by atoms with E-state index in [2.05, 4.69) is 15.2 Å². The maximum atomic E-state index is 13.0. The van der Waals surface area contributed by atoms with Gasteiger partial charge < -0.3 is 30.1 Å². The zero-order chi connectivity index (χ0) is 29.5. The first-order valence-corrected chi connectivity index (χ1v) is 13.1. The number of anilines is 1. The number of piperazine rings is 1. The summed E-state index contributed by atoms with van der Waals surface area (Å²) < 4.78 is 0. The van der Waals surface area contributed by atoms with E-state index in [0.717, 1.165) is 11.8 Å². The number of aldehydes is 1.